The van der Waals surface area contributed by atoms with Gasteiger partial charge in [-0.25, -0.2) is 0 Å². The normalized spacial score (nSPS) is 12.1. The Morgan fingerprint density at radius 3 is 2.28 bits per heavy atom. The molecule has 0 heterocycles. The number of rotatable bonds is 5. The zero-order chi connectivity index (χ0) is 12.8. The Hall–Kier alpha value is -1.28. The van der Waals surface area contributed by atoms with Crippen molar-refractivity contribution in [3.05, 3.63) is 64.6 Å². The van der Waals surface area contributed by atoms with Crippen molar-refractivity contribution in [2.24, 2.45) is 0 Å². The Bertz CT molecular complexity index is 464. The van der Waals surface area contributed by atoms with Gasteiger partial charge in [0.05, 0.1) is 6.04 Å². The monoisotopic (exact) mass is 303 g/mol. The van der Waals surface area contributed by atoms with Gasteiger partial charge in [0.2, 0.25) is 0 Å². The van der Waals surface area contributed by atoms with Crippen molar-refractivity contribution in [1.82, 2.24) is 0 Å². The molecular weight excluding hydrogens is 286 g/mol. The second-order valence-electron chi connectivity index (χ2n) is 4.40. The molecule has 0 bridgehead atoms. The average molecular weight is 304 g/mol. The van der Waals surface area contributed by atoms with Crippen LogP contribution in [0, 0.1) is 0 Å². The summed E-state index contributed by atoms with van der Waals surface area (Å²) in [5.74, 6) is 0. The molecule has 0 amide bonds. The first-order chi connectivity index (χ1) is 8.79. The Morgan fingerprint density at radius 2 is 1.67 bits per heavy atom. The third kappa shape index (κ3) is 3.61. The largest absolute Gasteiger partial charge is 0.378 e. The van der Waals surface area contributed by atoms with Gasteiger partial charge in [0.1, 0.15) is 0 Å². The highest BCUT2D eigenvalue weighted by Crippen LogP contribution is 2.24. The summed E-state index contributed by atoms with van der Waals surface area (Å²) >= 11 is 3.46. The highest BCUT2D eigenvalue weighted by molar-refractivity contribution is 9.10. The molecule has 0 aliphatic rings. The summed E-state index contributed by atoms with van der Waals surface area (Å²) in [4.78, 5) is 0. The predicted molar refractivity (Wildman–Crippen MR) is 81.9 cm³/mol. The summed E-state index contributed by atoms with van der Waals surface area (Å²) < 4.78 is 1.11. The molecule has 0 saturated heterocycles. The van der Waals surface area contributed by atoms with Gasteiger partial charge in [-0.15, -0.1) is 0 Å². The standard InChI is InChI=1S/C16H18BrN/c1-2-6-16(13-7-4-3-5-8-13)18-15-11-9-14(17)10-12-15/h3-5,7-12,16,18H,2,6H2,1H3. The fourth-order valence-corrected chi connectivity index (χ4v) is 2.31. The van der Waals surface area contributed by atoms with E-state index in [0.717, 1.165) is 10.9 Å². The van der Waals surface area contributed by atoms with Crippen LogP contribution in [0.1, 0.15) is 31.4 Å². The van der Waals surface area contributed by atoms with Gasteiger partial charge in [-0.3, -0.25) is 0 Å². The van der Waals surface area contributed by atoms with Crippen LogP contribution in [0.2, 0.25) is 0 Å². The quantitative estimate of drug-likeness (QED) is 0.779. The second kappa shape index (κ2) is 6.60. The number of hydrogen-bond donors (Lipinski definition) is 1. The van der Waals surface area contributed by atoms with E-state index < -0.39 is 0 Å². The molecule has 0 saturated carbocycles. The Balaban J connectivity index is 2.14. The van der Waals surface area contributed by atoms with Crippen LogP contribution in [0.5, 0.6) is 0 Å². The van der Waals surface area contributed by atoms with Crippen LogP contribution in [0.25, 0.3) is 0 Å². The molecule has 0 aliphatic carbocycles. The maximum Gasteiger partial charge on any atom is 0.0513 e. The van der Waals surface area contributed by atoms with E-state index in [-0.39, 0.29) is 0 Å². The smallest absolute Gasteiger partial charge is 0.0513 e. The van der Waals surface area contributed by atoms with Crippen LogP contribution in [-0.4, -0.2) is 0 Å². The number of nitrogens with one attached hydrogen (secondary N) is 1. The van der Waals surface area contributed by atoms with Gasteiger partial charge in [-0.05, 0) is 36.2 Å². The van der Waals surface area contributed by atoms with Crippen LogP contribution in [0.3, 0.4) is 0 Å². The van der Waals surface area contributed by atoms with Crippen LogP contribution < -0.4 is 5.32 Å². The van der Waals surface area contributed by atoms with Crippen molar-refractivity contribution >= 4 is 21.6 Å². The second-order valence-corrected chi connectivity index (χ2v) is 5.32. The lowest BCUT2D eigenvalue weighted by atomic mass is 10.0. The molecule has 0 spiro atoms. The Kier molecular flexibility index (Phi) is 4.82. The van der Waals surface area contributed by atoms with E-state index in [2.05, 4.69) is 82.8 Å². The van der Waals surface area contributed by atoms with Crippen molar-refractivity contribution < 1.29 is 0 Å². The summed E-state index contributed by atoms with van der Waals surface area (Å²) in [5.41, 5.74) is 2.52. The molecule has 18 heavy (non-hydrogen) atoms. The summed E-state index contributed by atoms with van der Waals surface area (Å²) in [6.45, 7) is 2.22. The fourth-order valence-electron chi connectivity index (χ4n) is 2.04. The van der Waals surface area contributed by atoms with Gasteiger partial charge in [-0.1, -0.05) is 59.6 Å². The van der Waals surface area contributed by atoms with E-state index in [1.165, 1.54) is 17.7 Å². The van der Waals surface area contributed by atoms with Gasteiger partial charge in [0.25, 0.3) is 0 Å². The molecule has 2 aromatic carbocycles. The highest BCUT2D eigenvalue weighted by Gasteiger charge is 2.09. The number of anilines is 1. The molecule has 1 N–H and O–H groups in total. The topological polar surface area (TPSA) is 12.0 Å². The van der Waals surface area contributed by atoms with Gasteiger partial charge < -0.3 is 5.32 Å². The van der Waals surface area contributed by atoms with Crippen molar-refractivity contribution in [2.45, 2.75) is 25.8 Å². The van der Waals surface area contributed by atoms with Crippen molar-refractivity contribution in [1.29, 1.82) is 0 Å². The molecule has 1 unspecified atom stereocenters. The zero-order valence-electron chi connectivity index (χ0n) is 10.6. The van der Waals surface area contributed by atoms with Crippen molar-refractivity contribution in [3.63, 3.8) is 0 Å². The number of hydrogen-bond acceptors (Lipinski definition) is 1. The minimum atomic E-state index is 0.386. The van der Waals surface area contributed by atoms with Crippen LogP contribution >= 0.6 is 15.9 Å². The van der Waals surface area contributed by atoms with Gasteiger partial charge in [0.15, 0.2) is 0 Å². The van der Waals surface area contributed by atoms with E-state index in [1.807, 2.05) is 0 Å². The lowest BCUT2D eigenvalue weighted by Crippen LogP contribution is -2.10. The SMILES string of the molecule is CCCC(Nc1ccc(Br)cc1)c1ccccc1. The van der Waals surface area contributed by atoms with E-state index >= 15 is 0 Å². The first-order valence-corrected chi connectivity index (χ1v) is 7.16. The lowest BCUT2D eigenvalue weighted by molar-refractivity contribution is 0.677. The van der Waals surface area contributed by atoms with Crippen molar-refractivity contribution in [3.8, 4) is 0 Å². The maximum atomic E-state index is 3.60. The summed E-state index contributed by atoms with van der Waals surface area (Å²) in [6.07, 6.45) is 2.31. The van der Waals surface area contributed by atoms with E-state index in [0.29, 0.717) is 6.04 Å². The minimum Gasteiger partial charge on any atom is -0.378 e. The highest BCUT2D eigenvalue weighted by atomic mass is 79.9. The van der Waals surface area contributed by atoms with Gasteiger partial charge in [0, 0.05) is 10.2 Å². The van der Waals surface area contributed by atoms with E-state index in [1.54, 1.807) is 0 Å². The van der Waals surface area contributed by atoms with Gasteiger partial charge >= 0.3 is 0 Å². The molecule has 0 radical (unpaired) electrons. The average Bonchev–Trinajstić information content (AvgIpc) is 2.42. The van der Waals surface area contributed by atoms with Crippen LogP contribution in [0.15, 0.2) is 59.1 Å². The lowest BCUT2D eigenvalue weighted by Gasteiger charge is -2.20. The molecule has 2 rings (SSSR count). The molecule has 1 nitrogen and oxygen atoms in total. The third-order valence-corrected chi connectivity index (χ3v) is 3.49. The van der Waals surface area contributed by atoms with Crippen molar-refractivity contribution in [2.75, 3.05) is 5.32 Å². The predicted octanol–water partition coefficient (Wildman–Crippen LogP) is 5.40. The minimum absolute atomic E-state index is 0.386. The first-order valence-electron chi connectivity index (χ1n) is 6.36. The maximum absolute atomic E-state index is 3.60. The molecule has 2 aromatic rings. The van der Waals surface area contributed by atoms with E-state index in [9.17, 15) is 0 Å². The molecule has 0 aromatic heterocycles. The Morgan fingerprint density at radius 1 is 1.00 bits per heavy atom. The molecule has 1 atom stereocenters. The van der Waals surface area contributed by atoms with Gasteiger partial charge in [-0.2, -0.15) is 0 Å². The van der Waals surface area contributed by atoms with Crippen LogP contribution in [-0.2, 0) is 0 Å². The zero-order valence-corrected chi connectivity index (χ0v) is 12.2. The fraction of sp³-hybridized carbons (Fsp3) is 0.250. The summed E-state index contributed by atoms with van der Waals surface area (Å²) in [7, 11) is 0. The number of halogens is 1. The molecule has 0 aliphatic heterocycles. The summed E-state index contributed by atoms with van der Waals surface area (Å²) in [6, 6.07) is 19.4. The molecule has 2 heteroatoms. The Labute approximate surface area is 117 Å². The first kappa shape index (κ1) is 13.2. The molecular formula is C16H18BrN. The molecule has 0 fully saturated rings. The van der Waals surface area contributed by atoms with E-state index in [4.69, 9.17) is 0 Å². The summed E-state index contributed by atoms with van der Waals surface area (Å²) in [5, 5.41) is 3.60. The molecule has 94 valence electrons. The van der Waals surface area contributed by atoms with Crippen LogP contribution in [0.4, 0.5) is 5.69 Å². The third-order valence-electron chi connectivity index (χ3n) is 2.96. The number of benzene rings is 2.